The highest BCUT2D eigenvalue weighted by molar-refractivity contribution is 6.01. The van der Waals surface area contributed by atoms with Gasteiger partial charge in [-0.1, -0.05) is 13.8 Å². The number of rotatable bonds is 1. The highest BCUT2D eigenvalue weighted by Gasteiger charge is 2.40. The number of Topliss-reactive ketones (excluding diaryl/α,β-unsaturated/α-hetero) is 1. The van der Waals surface area contributed by atoms with Gasteiger partial charge < -0.3 is 14.5 Å². The Morgan fingerprint density at radius 1 is 1.35 bits per heavy atom. The van der Waals surface area contributed by atoms with Gasteiger partial charge in [0.1, 0.15) is 5.60 Å². The molecule has 1 aliphatic rings. The van der Waals surface area contributed by atoms with Crippen LogP contribution in [0.1, 0.15) is 34.6 Å². The van der Waals surface area contributed by atoms with Crippen LogP contribution < -0.4 is 0 Å². The number of amides is 1. The summed E-state index contributed by atoms with van der Waals surface area (Å²) in [6, 6.07) is 0. The number of hydrogen-bond donors (Lipinski definition) is 0. The monoisotopic (exact) mass is 282 g/mol. The normalized spacial score (nSPS) is 21.1. The smallest absolute Gasteiger partial charge is 0.410 e. The fraction of sp³-hybridized carbons (Fsp3) is 0.733. The maximum absolute atomic E-state index is 12.4. The van der Waals surface area contributed by atoms with Crippen molar-refractivity contribution in [2.45, 2.75) is 40.2 Å². The average molecular weight is 282 g/mol. The van der Waals surface area contributed by atoms with Crippen molar-refractivity contribution in [1.82, 2.24) is 9.80 Å². The molecular formula is C15H26N2O3. The van der Waals surface area contributed by atoms with E-state index in [9.17, 15) is 9.59 Å². The van der Waals surface area contributed by atoms with Crippen LogP contribution in [0, 0.1) is 5.41 Å². The Kier molecular flexibility index (Phi) is 4.52. The minimum Gasteiger partial charge on any atom is -0.444 e. The molecule has 1 saturated heterocycles. The van der Waals surface area contributed by atoms with Gasteiger partial charge in [-0.3, -0.25) is 4.79 Å². The van der Waals surface area contributed by atoms with Gasteiger partial charge in [0.2, 0.25) is 0 Å². The summed E-state index contributed by atoms with van der Waals surface area (Å²) in [7, 11) is 3.72. The summed E-state index contributed by atoms with van der Waals surface area (Å²) < 4.78 is 5.39. The second-order valence-corrected chi connectivity index (χ2v) is 7.17. The number of carbonyl (C=O) groups excluding carboxylic acids is 2. The zero-order valence-electron chi connectivity index (χ0n) is 13.6. The molecule has 5 heteroatoms. The van der Waals surface area contributed by atoms with Crippen molar-refractivity contribution in [1.29, 1.82) is 0 Å². The van der Waals surface area contributed by atoms with Crippen LogP contribution in [-0.4, -0.2) is 54.5 Å². The molecule has 1 amide bonds. The van der Waals surface area contributed by atoms with E-state index in [-0.39, 0.29) is 11.9 Å². The van der Waals surface area contributed by atoms with Gasteiger partial charge in [0, 0.05) is 37.8 Å². The molecule has 114 valence electrons. The van der Waals surface area contributed by atoms with Gasteiger partial charge >= 0.3 is 6.09 Å². The fourth-order valence-electron chi connectivity index (χ4n) is 2.18. The summed E-state index contributed by atoms with van der Waals surface area (Å²) in [6.07, 6.45) is 1.41. The van der Waals surface area contributed by atoms with Gasteiger partial charge in [-0.25, -0.2) is 4.79 Å². The molecule has 0 N–H and O–H groups in total. The number of ketones is 1. The van der Waals surface area contributed by atoms with Crippen molar-refractivity contribution in [3.63, 3.8) is 0 Å². The predicted molar refractivity (Wildman–Crippen MR) is 78.4 cm³/mol. The predicted octanol–water partition coefficient (Wildman–Crippen LogP) is 2.28. The maximum atomic E-state index is 12.4. The van der Waals surface area contributed by atoms with Crippen LogP contribution in [0.2, 0.25) is 0 Å². The molecule has 0 aromatic carbocycles. The van der Waals surface area contributed by atoms with Crippen LogP contribution in [0.4, 0.5) is 4.79 Å². The van der Waals surface area contributed by atoms with Crippen molar-refractivity contribution in [3.8, 4) is 0 Å². The standard InChI is InChI=1S/C15H26N2O3/c1-14(2,3)20-13(19)17-9-11(8-16(6)7)12(18)15(4,5)10-17/h8H,9-10H2,1-7H3/b11-8+. The highest BCUT2D eigenvalue weighted by atomic mass is 16.6. The van der Waals surface area contributed by atoms with Crippen LogP contribution in [0.15, 0.2) is 11.8 Å². The average Bonchev–Trinajstić information content (AvgIpc) is 2.21. The van der Waals surface area contributed by atoms with Gasteiger partial charge in [0.15, 0.2) is 5.78 Å². The fourth-order valence-corrected chi connectivity index (χ4v) is 2.18. The minimum atomic E-state index is -0.586. The zero-order chi connectivity index (χ0) is 15.7. The quantitative estimate of drug-likeness (QED) is 0.692. The molecule has 1 rings (SSSR count). The Balaban J connectivity index is 2.96. The Morgan fingerprint density at radius 2 is 1.90 bits per heavy atom. The van der Waals surface area contributed by atoms with Gasteiger partial charge in [-0.15, -0.1) is 0 Å². The summed E-state index contributed by atoms with van der Waals surface area (Å²) in [5, 5.41) is 0. The Bertz CT molecular complexity index is 431. The van der Waals surface area contributed by atoms with Crippen LogP contribution >= 0.6 is 0 Å². The zero-order valence-corrected chi connectivity index (χ0v) is 13.6. The Hall–Kier alpha value is -1.52. The topological polar surface area (TPSA) is 49.9 Å². The third-order valence-electron chi connectivity index (χ3n) is 2.92. The van der Waals surface area contributed by atoms with E-state index in [2.05, 4.69) is 0 Å². The van der Waals surface area contributed by atoms with Crippen LogP contribution in [0.25, 0.3) is 0 Å². The first-order valence-corrected chi connectivity index (χ1v) is 6.82. The SMILES string of the molecule is CN(C)/C=C1\CN(C(=O)OC(C)(C)C)CC(C)(C)C1=O. The molecule has 0 spiro atoms. The van der Waals surface area contributed by atoms with Crippen LogP contribution in [0.5, 0.6) is 0 Å². The van der Waals surface area contributed by atoms with E-state index >= 15 is 0 Å². The van der Waals surface area contributed by atoms with Crippen LogP contribution in [-0.2, 0) is 9.53 Å². The first kappa shape index (κ1) is 16.5. The number of hydrogen-bond acceptors (Lipinski definition) is 4. The summed E-state index contributed by atoms with van der Waals surface area (Å²) in [4.78, 5) is 28.0. The van der Waals surface area contributed by atoms with Gasteiger partial charge in [0.05, 0.1) is 6.54 Å². The number of ether oxygens (including phenoxy) is 1. The van der Waals surface area contributed by atoms with E-state index in [1.54, 1.807) is 11.1 Å². The minimum absolute atomic E-state index is 0.0889. The first-order valence-electron chi connectivity index (χ1n) is 6.82. The van der Waals surface area contributed by atoms with E-state index in [1.165, 1.54) is 0 Å². The summed E-state index contributed by atoms with van der Waals surface area (Å²) in [5.74, 6) is 0.0889. The molecule has 0 aliphatic carbocycles. The van der Waals surface area contributed by atoms with Gasteiger partial charge in [-0.05, 0) is 20.8 Å². The molecule has 0 aromatic heterocycles. The van der Waals surface area contributed by atoms with E-state index in [0.717, 1.165) is 0 Å². The third kappa shape index (κ3) is 4.25. The summed E-state index contributed by atoms with van der Waals surface area (Å²) >= 11 is 0. The number of carbonyl (C=O) groups is 2. The Labute approximate surface area is 121 Å². The molecular weight excluding hydrogens is 256 g/mol. The first-order chi connectivity index (χ1) is 8.92. The molecule has 5 nitrogen and oxygen atoms in total. The molecule has 1 heterocycles. The van der Waals surface area contributed by atoms with Crippen molar-refractivity contribution < 1.29 is 14.3 Å². The van der Waals surface area contributed by atoms with Gasteiger partial charge in [-0.2, -0.15) is 0 Å². The van der Waals surface area contributed by atoms with Crippen LogP contribution in [0.3, 0.4) is 0 Å². The summed E-state index contributed by atoms with van der Waals surface area (Å²) in [5.41, 5.74) is -0.484. The number of likely N-dealkylation sites (tertiary alicyclic amines) is 1. The van der Waals surface area contributed by atoms with E-state index in [0.29, 0.717) is 18.7 Å². The molecule has 0 atom stereocenters. The molecule has 1 aliphatic heterocycles. The van der Waals surface area contributed by atoms with E-state index < -0.39 is 11.0 Å². The lowest BCUT2D eigenvalue weighted by molar-refractivity contribution is -0.126. The lowest BCUT2D eigenvalue weighted by Gasteiger charge is -2.38. The molecule has 0 unspecified atom stereocenters. The summed E-state index contributed by atoms with van der Waals surface area (Å²) in [6.45, 7) is 9.90. The highest BCUT2D eigenvalue weighted by Crippen LogP contribution is 2.29. The van der Waals surface area contributed by atoms with E-state index in [1.807, 2.05) is 53.6 Å². The molecule has 0 radical (unpaired) electrons. The Morgan fingerprint density at radius 3 is 2.35 bits per heavy atom. The molecule has 0 bridgehead atoms. The van der Waals surface area contributed by atoms with Gasteiger partial charge in [0.25, 0.3) is 0 Å². The number of nitrogens with zero attached hydrogens (tertiary/aromatic N) is 2. The molecule has 0 saturated carbocycles. The maximum Gasteiger partial charge on any atom is 0.410 e. The molecule has 0 aromatic rings. The van der Waals surface area contributed by atoms with Crippen molar-refractivity contribution >= 4 is 11.9 Å². The lowest BCUT2D eigenvalue weighted by atomic mass is 9.80. The lowest BCUT2D eigenvalue weighted by Crippen LogP contribution is -2.51. The third-order valence-corrected chi connectivity index (χ3v) is 2.92. The van der Waals surface area contributed by atoms with Crippen molar-refractivity contribution in [2.24, 2.45) is 5.41 Å². The molecule has 1 fully saturated rings. The largest absolute Gasteiger partial charge is 0.444 e. The molecule has 20 heavy (non-hydrogen) atoms. The van der Waals surface area contributed by atoms with Crippen molar-refractivity contribution in [2.75, 3.05) is 27.2 Å². The second-order valence-electron chi connectivity index (χ2n) is 7.17. The second kappa shape index (κ2) is 5.46. The van der Waals surface area contributed by atoms with Crippen molar-refractivity contribution in [3.05, 3.63) is 11.8 Å². The van der Waals surface area contributed by atoms with E-state index in [4.69, 9.17) is 4.74 Å². The number of piperidine rings is 1.